The quantitative estimate of drug-likeness (QED) is 0.856. The normalized spacial score (nSPS) is 12.2. The van der Waals surface area contributed by atoms with E-state index in [1.54, 1.807) is 31.6 Å². The molecule has 0 aliphatic carbocycles. The Morgan fingerprint density at radius 1 is 1.38 bits per heavy atom. The number of rotatable bonds is 6. The molecule has 1 atom stereocenters. The van der Waals surface area contributed by atoms with E-state index in [1.807, 2.05) is 13.0 Å². The van der Waals surface area contributed by atoms with Gasteiger partial charge in [0.1, 0.15) is 11.6 Å². The molecule has 1 heterocycles. The highest BCUT2D eigenvalue weighted by atomic mass is 79.9. The van der Waals surface area contributed by atoms with Crippen LogP contribution in [0, 0.1) is 5.82 Å². The summed E-state index contributed by atoms with van der Waals surface area (Å²) in [5.41, 5.74) is 1.59. The number of halogens is 2. The summed E-state index contributed by atoms with van der Waals surface area (Å²) in [5, 5.41) is 3.32. The molecule has 0 amide bonds. The molecule has 0 bridgehead atoms. The van der Waals surface area contributed by atoms with Crippen molar-refractivity contribution in [2.24, 2.45) is 0 Å². The van der Waals surface area contributed by atoms with Crippen molar-refractivity contribution in [3.05, 3.63) is 58.1 Å². The van der Waals surface area contributed by atoms with Gasteiger partial charge >= 0.3 is 0 Å². The van der Waals surface area contributed by atoms with Crippen molar-refractivity contribution in [1.82, 2.24) is 10.3 Å². The Balaban J connectivity index is 2.35. The van der Waals surface area contributed by atoms with Crippen molar-refractivity contribution in [2.45, 2.75) is 19.4 Å². The van der Waals surface area contributed by atoms with E-state index < -0.39 is 0 Å². The second-order valence-corrected chi connectivity index (χ2v) is 5.60. The highest BCUT2D eigenvalue weighted by Gasteiger charge is 2.20. The molecule has 0 spiro atoms. The Hall–Kier alpha value is -1.46. The molecule has 112 valence electrons. The van der Waals surface area contributed by atoms with Crippen LogP contribution in [0.1, 0.15) is 24.1 Å². The van der Waals surface area contributed by atoms with Crippen molar-refractivity contribution in [1.29, 1.82) is 0 Å². The Bertz CT molecular complexity index is 607. The van der Waals surface area contributed by atoms with E-state index in [0.29, 0.717) is 17.7 Å². The Labute approximate surface area is 132 Å². The summed E-state index contributed by atoms with van der Waals surface area (Å²) in [6, 6.07) is 6.72. The molecule has 3 nitrogen and oxygen atoms in total. The van der Waals surface area contributed by atoms with Gasteiger partial charge in [-0.05, 0) is 52.7 Å². The van der Waals surface area contributed by atoms with Crippen molar-refractivity contribution in [3.63, 3.8) is 0 Å². The largest absolute Gasteiger partial charge is 0.496 e. The van der Waals surface area contributed by atoms with Gasteiger partial charge in [0.05, 0.1) is 7.11 Å². The molecule has 2 rings (SSSR count). The molecule has 0 aliphatic rings. The third-order valence-corrected chi connectivity index (χ3v) is 3.67. The van der Waals surface area contributed by atoms with Crippen LogP contribution >= 0.6 is 15.9 Å². The van der Waals surface area contributed by atoms with Crippen LogP contribution in [0.15, 0.2) is 41.1 Å². The highest BCUT2D eigenvalue weighted by Crippen LogP contribution is 2.30. The molecule has 2 aromatic rings. The second kappa shape index (κ2) is 7.52. The van der Waals surface area contributed by atoms with E-state index in [-0.39, 0.29) is 11.9 Å². The first-order valence-corrected chi connectivity index (χ1v) is 7.60. The number of benzene rings is 1. The zero-order valence-electron chi connectivity index (χ0n) is 12.1. The van der Waals surface area contributed by atoms with E-state index in [2.05, 4.69) is 26.2 Å². The minimum Gasteiger partial charge on any atom is -0.496 e. The zero-order chi connectivity index (χ0) is 15.2. The summed E-state index contributed by atoms with van der Waals surface area (Å²) >= 11 is 3.41. The van der Waals surface area contributed by atoms with E-state index in [0.717, 1.165) is 16.6 Å². The lowest BCUT2D eigenvalue weighted by Gasteiger charge is -2.21. The molecule has 1 aromatic heterocycles. The molecule has 0 aliphatic heterocycles. The second-order valence-electron chi connectivity index (χ2n) is 4.68. The van der Waals surface area contributed by atoms with Crippen molar-refractivity contribution in [2.75, 3.05) is 13.7 Å². The zero-order valence-corrected chi connectivity index (χ0v) is 13.7. The number of likely N-dealkylation sites (N-methyl/N-ethyl adjacent to an activating group) is 1. The predicted octanol–water partition coefficient (Wildman–Crippen LogP) is 3.89. The summed E-state index contributed by atoms with van der Waals surface area (Å²) in [4.78, 5) is 4.16. The molecule has 0 fully saturated rings. The maximum Gasteiger partial charge on any atom is 0.131 e. The highest BCUT2D eigenvalue weighted by molar-refractivity contribution is 9.10. The van der Waals surface area contributed by atoms with Gasteiger partial charge in [0.25, 0.3) is 0 Å². The average Bonchev–Trinajstić information content (AvgIpc) is 2.46. The minimum atomic E-state index is -0.261. The lowest BCUT2D eigenvalue weighted by Crippen LogP contribution is -2.24. The first-order chi connectivity index (χ1) is 10.2. The van der Waals surface area contributed by atoms with Crippen LogP contribution in [0.25, 0.3) is 0 Å². The number of hydrogen-bond donors (Lipinski definition) is 1. The number of nitrogens with zero attached hydrogens (tertiary/aromatic N) is 1. The lowest BCUT2D eigenvalue weighted by molar-refractivity contribution is 0.390. The van der Waals surface area contributed by atoms with Crippen LogP contribution in [0.3, 0.4) is 0 Å². The third kappa shape index (κ3) is 4.02. The number of ether oxygens (including phenoxy) is 1. The molecule has 1 N–H and O–H groups in total. The van der Waals surface area contributed by atoms with E-state index >= 15 is 0 Å². The van der Waals surface area contributed by atoms with E-state index in [9.17, 15) is 4.39 Å². The van der Waals surface area contributed by atoms with Gasteiger partial charge in [0.2, 0.25) is 0 Å². The van der Waals surface area contributed by atoms with Gasteiger partial charge in [0, 0.05) is 28.5 Å². The fourth-order valence-corrected chi connectivity index (χ4v) is 2.77. The average molecular weight is 353 g/mol. The van der Waals surface area contributed by atoms with Crippen LogP contribution in [0.4, 0.5) is 4.39 Å². The monoisotopic (exact) mass is 352 g/mol. The summed E-state index contributed by atoms with van der Waals surface area (Å²) in [5.74, 6) is 0.298. The molecule has 1 unspecified atom stereocenters. The molecular formula is C16H18BrFN2O. The summed E-state index contributed by atoms with van der Waals surface area (Å²) < 4.78 is 20.5. The number of methoxy groups -OCH3 is 1. The van der Waals surface area contributed by atoms with Gasteiger partial charge < -0.3 is 10.1 Å². The predicted molar refractivity (Wildman–Crippen MR) is 85.0 cm³/mol. The van der Waals surface area contributed by atoms with Gasteiger partial charge in [-0.15, -0.1) is 0 Å². The molecule has 0 radical (unpaired) electrons. The molecule has 0 saturated carbocycles. The fraction of sp³-hybridized carbons (Fsp3) is 0.312. The van der Waals surface area contributed by atoms with Crippen LogP contribution in [0.5, 0.6) is 5.75 Å². The number of aromatic nitrogens is 1. The van der Waals surface area contributed by atoms with Crippen LogP contribution in [0.2, 0.25) is 0 Å². The SMILES string of the molecule is CCNC(Cc1cncc(Br)c1)c1c(F)cccc1OC. The maximum atomic E-state index is 14.2. The topological polar surface area (TPSA) is 34.2 Å². The molecular weight excluding hydrogens is 335 g/mol. The van der Waals surface area contributed by atoms with Crippen molar-refractivity contribution in [3.8, 4) is 5.75 Å². The van der Waals surface area contributed by atoms with Gasteiger partial charge in [-0.2, -0.15) is 0 Å². The molecule has 5 heteroatoms. The van der Waals surface area contributed by atoms with Crippen LogP contribution < -0.4 is 10.1 Å². The van der Waals surface area contributed by atoms with Gasteiger partial charge in [-0.25, -0.2) is 4.39 Å². The Morgan fingerprint density at radius 3 is 2.86 bits per heavy atom. The first-order valence-electron chi connectivity index (χ1n) is 6.81. The Kier molecular flexibility index (Phi) is 5.70. The van der Waals surface area contributed by atoms with E-state index in [1.165, 1.54) is 6.07 Å². The first kappa shape index (κ1) is 15.9. The maximum absolute atomic E-state index is 14.2. The standard InChI is InChI=1S/C16H18BrFN2O/c1-3-20-14(8-11-7-12(17)10-19-9-11)16-13(18)5-4-6-15(16)21-2/h4-7,9-10,14,20H,3,8H2,1-2H3. The molecule has 1 aromatic carbocycles. The Morgan fingerprint density at radius 2 is 2.19 bits per heavy atom. The lowest BCUT2D eigenvalue weighted by atomic mass is 9.98. The smallest absolute Gasteiger partial charge is 0.131 e. The number of pyridine rings is 1. The van der Waals surface area contributed by atoms with E-state index in [4.69, 9.17) is 4.74 Å². The fourth-order valence-electron chi connectivity index (χ4n) is 2.36. The summed E-state index contributed by atoms with van der Waals surface area (Å²) in [7, 11) is 1.56. The van der Waals surface area contributed by atoms with Crippen molar-refractivity contribution >= 4 is 15.9 Å². The van der Waals surface area contributed by atoms with Gasteiger partial charge in [-0.1, -0.05) is 13.0 Å². The summed E-state index contributed by atoms with van der Waals surface area (Å²) in [6.45, 7) is 2.74. The number of nitrogens with one attached hydrogen (secondary N) is 1. The van der Waals surface area contributed by atoms with Crippen LogP contribution in [-0.2, 0) is 6.42 Å². The van der Waals surface area contributed by atoms with Crippen LogP contribution in [-0.4, -0.2) is 18.6 Å². The van der Waals surface area contributed by atoms with Crippen molar-refractivity contribution < 1.29 is 9.13 Å². The van der Waals surface area contributed by atoms with Gasteiger partial charge in [-0.3, -0.25) is 4.98 Å². The molecule has 0 saturated heterocycles. The van der Waals surface area contributed by atoms with Gasteiger partial charge in [0.15, 0.2) is 0 Å². The number of hydrogen-bond acceptors (Lipinski definition) is 3. The molecule has 21 heavy (non-hydrogen) atoms. The third-order valence-electron chi connectivity index (χ3n) is 3.23. The summed E-state index contributed by atoms with van der Waals surface area (Å²) in [6.07, 6.45) is 4.16. The minimum absolute atomic E-state index is 0.165.